The third kappa shape index (κ3) is 5.26. The Morgan fingerprint density at radius 2 is 1.96 bits per heavy atom. The molecule has 0 radical (unpaired) electrons. The largest absolute Gasteiger partial charge is 0.312 e. The Kier molecular flexibility index (Phi) is 5.80. The summed E-state index contributed by atoms with van der Waals surface area (Å²) in [5.74, 6) is 0.492. The lowest BCUT2D eigenvalue weighted by atomic mass is 10.0. The molecule has 2 atom stereocenters. The number of rotatable bonds is 6. The van der Waals surface area contributed by atoms with E-state index in [0.717, 1.165) is 18.7 Å². The van der Waals surface area contributed by atoms with Gasteiger partial charge in [0, 0.05) is 37.1 Å². The minimum atomic E-state index is -3.52. The summed E-state index contributed by atoms with van der Waals surface area (Å²) in [6.07, 6.45) is 0. The molecule has 1 saturated heterocycles. The van der Waals surface area contributed by atoms with Crippen molar-refractivity contribution < 1.29 is 8.42 Å². The van der Waals surface area contributed by atoms with E-state index < -0.39 is 15.6 Å². The second-order valence-electron chi connectivity index (χ2n) is 7.17. The molecule has 0 aliphatic carbocycles. The third-order valence-corrected chi connectivity index (χ3v) is 5.68. The molecule has 2 rings (SSSR count). The molecule has 0 amide bonds. The Morgan fingerprint density at radius 3 is 2.57 bits per heavy atom. The molecular formula is C16H28N4O2S. The predicted molar refractivity (Wildman–Crippen MR) is 92.3 cm³/mol. The molecular weight excluding hydrogens is 312 g/mol. The maximum absolute atomic E-state index is 12.6. The lowest BCUT2D eigenvalue weighted by molar-refractivity contribution is 0.452. The monoisotopic (exact) mass is 340 g/mol. The molecule has 0 bridgehead atoms. The molecule has 1 aromatic carbocycles. The molecule has 1 aromatic rings. The first kappa shape index (κ1) is 18.4. The van der Waals surface area contributed by atoms with Crippen molar-refractivity contribution in [3.8, 4) is 0 Å². The second kappa shape index (κ2) is 7.27. The third-order valence-electron chi connectivity index (χ3n) is 3.83. The standard InChI is InChI=1S/C16H28N4O2S/c1-12-14(11-18-19-12)10-17-9-13-7-5-6-8-15(13)23(21,22)20-16(2,3)4/h5-8,12,14,17-20H,9-11H2,1-4H3. The van der Waals surface area contributed by atoms with Gasteiger partial charge in [0.2, 0.25) is 10.0 Å². The fraction of sp³-hybridized carbons (Fsp3) is 0.625. The summed E-state index contributed by atoms with van der Waals surface area (Å²) >= 11 is 0. The summed E-state index contributed by atoms with van der Waals surface area (Å²) in [6, 6.07) is 7.55. The summed E-state index contributed by atoms with van der Waals surface area (Å²) in [4.78, 5) is 0.346. The van der Waals surface area contributed by atoms with Crippen LogP contribution >= 0.6 is 0 Å². The SMILES string of the molecule is CC1NNCC1CNCc1ccccc1S(=O)(=O)NC(C)(C)C. The van der Waals surface area contributed by atoms with Crippen molar-refractivity contribution >= 4 is 10.0 Å². The predicted octanol–water partition coefficient (Wildman–Crippen LogP) is 0.966. The highest BCUT2D eigenvalue weighted by Crippen LogP contribution is 2.18. The van der Waals surface area contributed by atoms with Gasteiger partial charge in [-0.1, -0.05) is 18.2 Å². The Bertz CT molecular complexity index is 625. The zero-order chi connectivity index (χ0) is 17.1. The van der Waals surface area contributed by atoms with Gasteiger partial charge in [0.1, 0.15) is 0 Å². The molecule has 0 saturated carbocycles. The van der Waals surface area contributed by atoms with Crippen molar-refractivity contribution in [1.82, 2.24) is 20.9 Å². The smallest absolute Gasteiger partial charge is 0.241 e. The highest BCUT2D eigenvalue weighted by atomic mass is 32.2. The van der Waals surface area contributed by atoms with Crippen LogP contribution in [0.4, 0.5) is 0 Å². The highest BCUT2D eigenvalue weighted by molar-refractivity contribution is 7.89. The molecule has 6 nitrogen and oxygen atoms in total. The van der Waals surface area contributed by atoms with Gasteiger partial charge in [0.25, 0.3) is 0 Å². The van der Waals surface area contributed by atoms with Crippen LogP contribution in [-0.2, 0) is 16.6 Å². The van der Waals surface area contributed by atoms with Crippen molar-refractivity contribution in [3.63, 3.8) is 0 Å². The van der Waals surface area contributed by atoms with Gasteiger partial charge < -0.3 is 5.32 Å². The summed E-state index contributed by atoms with van der Waals surface area (Å²) in [7, 11) is -3.52. The number of hydrazine groups is 1. The van der Waals surface area contributed by atoms with Crippen molar-refractivity contribution in [1.29, 1.82) is 0 Å². The molecule has 1 heterocycles. The lowest BCUT2D eigenvalue weighted by Crippen LogP contribution is -2.41. The van der Waals surface area contributed by atoms with Crippen LogP contribution < -0.4 is 20.9 Å². The van der Waals surface area contributed by atoms with E-state index in [-0.39, 0.29) is 0 Å². The van der Waals surface area contributed by atoms with E-state index in [1.54, 1.807) is 12.1 Å². The topological polar surface area (TPSA) is 82.3 Å². The summed E-state index contributed by atoms with van der Waals surface area (Å²) in [5, 5.41) is 3.38. The molecule has 1 aliphatic heterocycles. The van der Waals surface area contributed by atoms with Gasteiger partial charge in [0.15, 0.2) is 0 Å². The normalized spacial score (nSPS) is 22.4. The average Bonchev–Trinajstić information content (AvgIpc) is 2.82. The summed E-state index contributed by atoms with van der Waals surface area (Å²) in [6.45, 7) is 9.94. The van der Waals surface area contributed by atoms with Crippen molar-refractivity contribution in [2.75, 3.05) is 13.1 Å². The maximum atomic E-state index is 12.6. The van der Waals surface area contributed by atoms with Gasteiger partial charge in [0.05, 0.1) is 4.90 Å². The minimum Gasteiger partial charge on any atom is -0.312 e. The van der Waals surface area contributed by atoms with Crippen LogP contribution in [0.5, 0.6) is 0 Å². The van der Waals surface area contributed by atoms with Crippen molar-refractivity contribution in [3.05, 3.63) is 29.8 Å². The van der Waals surface area contributed by atoms with Gasteiger partial charge in [-0.2, -0.15) is 0 Å². The van der Waals surface area contributed by atoms with Crippen LogP contribution in [0.25, 0.3) is 0 Å². The lowest BCUT2D eigenvalue weighted by Gasteiger charge is -2.22. The first-order valence-corrected chi connectivity index (χ1v) is 9.48. The fourth-order valence-electron chi connectivity index (χ4n) is 2.66. The average molecular weight is 340 g/mol. The summed E-state index contributed by atoms with van der Waals surface area (Å²) in [5.41, 5.74) is 6.60. The zero-order valence-corrected chi connectivity index (χ0v) is 15.1. The van der Waals surface area contributed by atoms with E-state index in [1.807, 2.05) is 32.9 Å². The minimum absolute atomic E-state index is 0.346. The molecule has 4 N–H and O–H groups in total. The molecule has 2 unspecified atom stereocenters. The number of sulfonamides is 1. The first-order valence-electron chi connectivity index (χ1n) is 8.00. The van der Waals surface area contributed by atoms with Crippen molar-refractivity contribution in [2.24, 2.45) is 5.92 Å². The van der Waals surface area contributed by atoms with Gasteiger partial charge in [-0.15, -0.1) is 0 Å². The molecule has 0 aromatic heterocycles. The van der Waals surface area contributed by atoms with E-state index >= 15 is 0 Å². The fourth-order valence-corrected chi connectivity index (χ4v) is 4.32. The number of hydrogen-bond donors (Lipinski definition) is 4. The molecule has 0 spiro atoms. The van der Waals surface area contributed by atoms with Crippen molar-refractivity contribution in [2.45, 2.75) is 50.7 Å². The van der Waals surface area contributed by atoms with Crippen LogP contribution in [0.2, 0.25) is 0 Å². The summed E-state index contributed by atoms with van der Waals surface area (Å²) < 4.78 is 27.9. The molecule has 1 fully saturated rings. The van der Waals surface area contributed by atoms with Crippen LogP contribution in [0.1, 0.15) is 33.3 Å². The quantitative estimate of drug-likeness (QED) is 0.620. The number of benzene rings is 1. The van der Waals surface area contributed by atoms with Crippen LogP contribution in [-0.4, -0.2) is 33.1 Å². The van der Waals surface area contributed by atoms with Gasteiger partial charge in [-0.3, -0.25) is 10.9 Å². The zero-order valence-electron chi connectivity index (χ0n) is 14.3. The Morgan fingerprint density at radius 1 is 1.26 bits per heavy atom. The highest BCUT2D eigenvalue weighted by Gasteiger charge is 2.25. The van der Waals surface area contributed by atoms with Gasteiger partial charge >= 0.3 is 0 Å². The van der Waals surface area contributed by atoms with Gasteiger partial charge in [-0.25, -0.2) is 13.1 Å². The van der Waals surface area contributed by atoms with E-state index in [0.29, 0.717) is 23.4 Å². The maximum Gasteiger partial charge on any atom is 0.241 e. The van der Waals surface area contributed by atoms with E-state index in [4.69, 9.17) is 0 Å². The number of hydrogen-bond acceptors (Lipinski definition) is 5. The van der Waals surface area contributed by atoms with Crippen LogP contribution in [0, 0.1) is 5.92 Å². The number of nitrogens with one attached hydrogen (secondary N) is 4. The molecule has 1 aliphatic rings. The second-order valence-corrected chi connectivity index (χ2v) is 8.82. The molecule has 130 valence electrons. The van der Waals surface area contributed by atoms with E-state index in [1.165, 1.54) is 0 Å². The Labute approximate surface area is 139 Å². The van der Waals surface area contributed by atoms with E-state index in [2.05, 4.69) is 27.8 Å². The van der Waals surface area contributed by atoms with Crippen LogP contribution in [0.15, 0.2) is 29.2 Å². The molecule has 7 heteroatoms. The molecule has 23 heavy (non-hydrogen) atoms. The first-order chi connectivity index (χ1) is 10.7. The Hall–Kier alpha value is -0.990. The van der Waals surface area contributed by atoms with E-state index in [9.17, 15) is 8.42 Å². The Balaban J connectivity index is 2.05. The van der Waals surface area contributed by atoms with Gasteiger partial charge in [-0.05, 0) is 39.3 Å². The van der Waals surface area contributed by atoms with Crippen LogP contribution in [0.3, 0.4) is 0 Å².